The van der Waals surface area contributed by atoms with E-state index < -0.39 is 47.6 Å². The number of carbonyl (C=O) groups excluding carboxylic acids is 3. The molecule has 2 aliphatic heterocycles. The first kappa shape index (κ1) is 25.9. The molecular formula is C22H37N3O7. The topological polar surface area (TPSA) is 125 Å². The lowest BCUT2D eigenvalue weighted by Gasteiger charge is -2.37. The summed E-state index contributed by atoms with van der Waals surface area (Å²) in [4.78, 5) is 53.0. The number of hydrogen-bond acceptors (Lipinski definition) is 6. The summed E-state index contributed by atoms with van der Waals surface area (Å²) in [7, 11) is 1.46. The zero-order valence-corrected chi connectivity index (χ0v) is 19.9. The minimum atomic E-state index is -1.04. The largest absolute Gasteiger partial charge is 0.480 e. The lowest BCUT2D eigenvalue weighted by atomic mass is 9.96. The van der Waals surface area contributed by atoms with E-state index in [-0.39, 0.29) is 18.6 Å². The van der Waals surface area contributed by atoms with Gasteiger partial charge in [0.05, 0.1) is 6.10 Å². The Morgan fingerprint density at radius 2 is 1.84 bits per heavy atom. The maximum atomic E-state index is 13.4. The van der Waals surface area contributed by atoms with Crippen LogP contribution in [0.2, 0.25) is 0 Å². The predicted octanol–water partition coefficient (Wildman–Crippen LogP) is 1.76. The van der Waals surface area contributed by atoms with Crippen LogP contribution in [0.4, 0.5) is 4.79 Å². The zero-order chi connectivity index (χ0) is 24.2. The van der Waals surface area contributed by atoms with Crippen molar-refractivity contribution in [3.63, 3.8) is 0 Å². The minimum Gasteiger partial charge on any atom is -0.480 e. The number of nitrogens with one attached hydrogen (secondary N) is 1. The Labute approximate surface area is 189 Å². The second-order valence-corrected chi connectivity index (χ2v) is 9.55. The Kier molecular flexibility index (Phi) is 8.50. The van der Waals surface area contributed by atoms with Gasteiger partial charge in [0.2, 0.25) is 11.8 Å². The van der Waals surface area contributed by atoms with Gasteiger partial charge in [0.1, 0.15) is 23.7 Å². The molecule has 2 rings (SSSR count). The summed E-state index contributed by atoms with van der Waals surface area (Å²) in [5.41, 5.74) is -0.710. The zero-order valence-electron chi connectivity index (χ0n) is 19.9. The number of fused-ring (bicyclic) bond motifs is 1. The van der Waals surface area contributed by atoms with Gasteiger partial charge in [-0.25, -0.2) is 9.59 Å². The maximum absolute atomic E-state index is 13.4. The number of carboxylic acids is 1. The van der Waals surface area contributed by atoms with E-state index >= 15 is 0 Å². The lowest BCUT2D eigenvalue weighted by Crippen LogP contribution is -2.58. The van der Waals surface area contributed by atoms with E-state index in [1.807, 2.05) is 6.92 Å². The second-order valence-electron chi connectivity index (χ2n) is 9.55. The van der Waals surface area contributed by atoms with Crippen LogP contribution in [0.15, 0.2) is 0 Å². The quantitative estimate of drug-likeness (QED) is 0.625. The van der Waals surface area contributed by atoms with Crippen LogP contribution in [0.3, 0.4) is 0 Å². The van der Waals surface area contributed by atoms with E-state index in [0.717, 1.165) is 0 Å². The summed E-state index contributed by atoms with van der Waals surface area (Å²) in [5.74, 6) is -1.97. The molecule has 32 heavy (non-hydrogen) atoms. The number of amides is 3. The fraction of sp³-hybridized carbons (Fsp3) is 0.818. The van der Waals surface area contributed by atoms with Crippen LogP contribution >= 0.6 is 0 Å². The third-order valence-electron chi connectivity index (χ3n) is 6.02. The molecular weight excluding hydrogens is 418 g/mol. The van der Waals surface area contributed by atoms with Crippen LogP contribution in [-0.4, -0.2) is 88.3 Å². The Hall–Kier alpha value is -2.36. The van der Waals surface area contributed by atoms with Crippen LogP contribution in [0, 0.1) is 0 Å². The van der Waals surface area contributed by atoms with Gasteiger partial charge in [-0.15, -0.1) is 0 Å². The average molecular weight is 456 g/mol. The number of hydrogen-bond donors (Lipinski definition) is 2. The van der Waals surface area contributed by atoms with E-state index in [1.54, 1.807) is 27.7 Å². The molecule has 2 saturated heterocycles. The van der Waals surface area contributed by atoms with Crippen LogP contribution in [0.5, 0.6) is 0 Å². The van der Waals surface area contributed by atoms with Gasteiger partial charge in [-0.2, -0.15) is 0 Å². The highest BCUT2D eigenvalue weighted by Gasteiger charge is 2.45. The number of carbonyl (C=O) groups is 4. The molecule has 2 N–H and O–H groups in total. The third-order valence-corrected chi connectivity index (χ3v) is 6.02. The Morgan fingerprint density at radius 1 is 1.22 bits per heavy atom. The number of rotatable bonds is 6. The second kappa shape index (κ2) is 10.5. The summed E-state index contributed by atoms with van der Waals surface area (Å²) in [6.45, 7) is 9.09. The third kappa shape index (κ3) is 6.34. The summed E-state index contributed by atoms with van der Waals surface area (Å²) in [6, 6.07) is -2.90. The molecule has 0 radical (unpaired) electrons. The van der Waals surface area contributed by atoms with Crippen LogP contribution in [0.25, 0.3) is 0 Å². The molecule has 2 heterocycles. The smallest absolute Gasteiger partial charge is 0.410 e. The molecule has 5 atom stereocenters. The van der Waals surface area contributed by atoms with Gasteiger partial charge in [0.25, 0.3) is 0 Å². The molecule has 3 amide bonds. The Bertz CT molecular complexity index is 721. The molecule has 2 fully saturated rings. The molecule has 0 saturated carbocycles. The van der Waals surface area contributed by atoms with Crippen molar-refractivity contribution in [2.24, 2.45) is 0 Å². The number of likely N-dealkylation sites (N-methyl/N-ethyl adjacent to an activating group) is 1. The van der Waals surface area contributed by atoms with Gasteiger partial charge in [0.15, 0.2) is 0 Å². The van der Waals surface area contributed by atoms with Crippen molar-refractivity contribution in [1.29, 1.82) is 0 Å². The van der Waals surface area contributed by atoms with Gasteiger partial charge < -0.3 is 24.8 Å². The number of nitrogens with zero attached hydrogens (tertiary/aromatic N) is 2. The maximum Gasteiger partial charge on any atom is 0.410 e. The summed E-state index contributed by atoms with van der Waals surface area (Å²) < 4.78 is 11.1. The molecule has 0 unspecified atom stereocenters. The van der Waals surface area contributed by atoms with E-state index in [9.17, 15) is 24.3 Å². The molecule has 182 valence electrons. The van der Waals surface area contributed by atoms with E-state index in [2.05, 4.69) is 5.32 Å². The SMILES string of the molecule is CCO[C@@H]1CC[C@H]2CC[C@@H](C(=O)O)N2C(=O)[C@@H](NC(=O)[C@H](C)N(C)C(=O)OC(C)(C)C)C1. The fourth-order valence-electron chi connectivity index (χ4n) is 4.25. The summed E-state index contributed by atoms with van der Waals surface area (Å²) >= 11 is 0. The van der Waals surface area contributed by atoms with Gasteiger partial charge in [0, 0.05) is 26.1 Å². The number of aliphatic carboxylic acids is 1. The van der Waals surface area contributed by atoms with Crippen LogP contribution in [0.1, 0.15) is 66.7 Å². The van der Waals surface area contributed by atoms with E-state index in [4.69, 9.17) is 9.47 Å². The molecule has 0 bridgehead atoms. The standard InChI is InChI=1S/C22H37N3O7/c1-7-31-15-10-8-14-9-11-17(20(28)29)25(14)19(27)16(12-15)23-18(26)13(2)24(6)21(30)32-22(3,4)5/h13-17H,7-12H2,1-6H3,(H,23,26)(H,28,29)/t13-,14-,15+,16-,17-/m0/s1. The molecule has 10 heteroatoms. The Balaban J connectivity index is 2.18. The van der Waals surface area contributed by atoms with Gasteiger partial charge in [-0.05, 0) is 60.3 Å². The van der Waals surface area contributed by atoms with Crippen molar-refractivity contribution in [2.45, 2.75) is 103 Å². The summed E-state index contributed by atoms with van der Waals surface area (Å²) in [6.07, 6.45) is 1.72. The monoisotopic (exact) mass is 455 g/mol. The van der Waals surface area contributed by atoms with Crippen molar-refractivity contribution >= 4 is 23.9 Å². The van der Waals surface area contributed by atoms with Crippen LogP contribution < -0.4 is 5.32 Å². The Morgan fingerprint density at radius 3 is 2.41 bits per heavy atom. The minimum absolute atomic E-state index is 0.187. The average Bonchev–Trinajstić information content (AvgIpc) is 3.11. The summed E-state index contributed by atoms with van der Waals surface area (Å²) in [5, 5.41) is 12.3. The first-order chi connectivity index (χ1) is 14.9. The number of carboxylic acid groups (broad SMARTS) is 1. The first-order valence-electron chi connectivity index (χ1n) is 11.3. The molecule has 0 aromatic heterocycles. The molecule has 0 aliphatic carbocycles. The molecule has 0 spiro atoms. The molecule has 0 aromatic rings. The molecule has 0 aromatic carbocycles. The highest BCUT2D eigenvalue weighted by atomic mass is 16.6. The van der Waals surface area contributed by atoms with Crippen LogP contribution in [-0.2, 0) is 23.9 Å². The van der Waals surface area contributed by atoms with Gasteiger partial charge in [-0.1, -0.05) is 0 Å². The molecule has 10 nitrogen and oxygen atoms in total. The highest BCUT2D eigenvalue weighted by Crippen LogP contribution is 2.32. The predicted molar refractivity (Wildman–Crippen MR) is 116 cm³/mol. The first-order valence-corrected chi connectivity index (χ1v) is 11.3. The lowest BCUT2D eigenvalue weighted by molar-refractivity contribution is -0.152. The van der Waals surface area contributed by atoms with Crippen molar-refractivity contribution in [2.75, 3.05) is 13.7 Å². The van der Waals surface area contributed by atoms with Crippen molar-refractivity contribution in [3.05, 3.63) is 0 Å². The number of ether oxygens (including phenoxy) is 2. The van der Waals surface area contributed by atoms with Crippen molar-refractivity contribution in [3.8, 4) is 0 Å². The van der Waals surface area contributed by atoms with Crippen molar-refractivity contribution in [1.82, 2.24) is 15.1 Å². The fourth-order valence-corrected chi connectivity index (χ4v) is 4.25. The van der Waals surface area contributed by atoms with E-state index in [1.165, 1.54) is 16.8 Å². The van der Waals surface area contributed by atoms with Gasteiger partial charge in [-0.3, -0.25) is 14.5 Å². The highest BCUT2D eigenvalue weighted by molar-refractivity contribution is 5.93. The van der Waals surface area contributed by atoms with E-state index in [0.29, 0.717) is 32.3 Å². The normalized spacial score (nSPS) is 27.1. The van der Waals surface area contributed by atoms with Crippen molar-refractivity contribution < 1.29 is 33.8 Å². The van der Waals surface area contributed by atoms with Gasteiger partial charge >= 0.3 is 12.1 Å². The molecule has 2 aliphatic rings.